The SMILES string of the molecule is COc1ccc(C2(CCN3CCC(C(=O)c4nc5ccccc5n4Cc4ccc(F)cc4)CC3)CCN(C(=O)Cc3cccc(OC(C)C)c3)C2)cc1OC. The van der Waals surface area contributed by atoms with E-state index in [4.69, 9.17) is 19.2 Å². The van der Waals surface area contributed by atoms with Crippen LogP contribution in [0.4, 0.5) is 4.39 Å². The molecule has 0 N–H and O–H groups in total. The van der Waals surface area contributed by atoms with Crippen LogP contribution in [0.2, 0.25) is 0 Å². The molecule has 1 aromatic heterocycles. The number of nitrogens with zero attached hydrogens (tertiary/aromatic N) is 4. The number of para-hydroxylation sites is 2. The van der Waals surface area contributed by atoms with Gasteiger partial charge in [0.15, 0.2) is 17.3 Å². The van der Waals surface area contributed by atoms with Crippen LogP contribution in [0.5, 0.6) is 17.2 Å². The predicted octanol–water partition coefficient (Wildman–Crippen LogP) is 7.73. The number of hydrogen-bond donors (Lipinski definition) is 0. The summed E-state index contributed by atoms with van der Waals surface area (Å²) in [6.45, 7) is 8.16. The lowest BCUT2D eigenvalue weighted by Gasteiger charge is -2.36. The third-order valence-corrected chi connectivity index (χ3v) is 11.3. The van der Waals surface area contributed by atoms with Crippen molar-refractivity contribution in [1.82, 2.24) is 19.4 Å². The van der Waals surface area contributed by atoms with E-state index < -0.39 is 0 Å². The molecule has 2 aliphatic rings. The molecule has 5 aromatic rings. The molecule has 0 bridgehead atoms. The summed E-state index contributed by atoms with van der Waals surface area (Å²) in [6, 6.07) is 28.2. The molecule has 3 heterocycles. The number of amides is 1. The Kier molecular flexibility index (Phi) is 11.5. The Hall–Kier alpha value is -5.22. The maximum absolute atomic E-state index is 14.1. The minimum Gasteiger partial charge on any atom is -0.493 e. The van der Waals surface area contributed by atoms with Gasteiger partial charge in [0.25, 0.3) is 0 Å². The first-order valence-corrected chi connectivity index (χ1v) is 19.4. The van der Waals surface area contributed by atoms with Crippen LogP contribution in [0.1, 0.15) is 66.8 Å². The number of imidazole rings is 1. The fourth-order valence-electron chi connectivity index (χ4n) is 8.29. The van der Waals surface area contributed by atoms with Crippen LogP contribution in [0.3, 0.4) is 0 Å². The van der Waals surface area contributed by atoms with E-state index in [1.807, 2.05) is 77.9 Å². The van der Waals surface area contributed by atoms with Crippen molar-refractivity contribution in [2.75, 3.05) is 46.9 Å². The summed E-state index contributed by atoms with van der Waals surface area (Å²) in [5, 5.41) is 0. The maximum atomic E-state index is 14.1. The number of fused-ring (bicyclic) bond motifs is 1. The van der Waals surface area contributed by atoms with Crippen molar-refractivity contribution in [1.29, 1.82) is 0 Å². The Morgan fingerprint density at radius 3 is 2.38 bits per heavy atom. The zero-order valence-electron chi connectivity index (χ0n) is 32.3. The average molecular weight is 747 g/mol. The van der Waals surface area contributed by atoms with Crippen LogP contribution in [0, 0.1) is 11.7 Å². The van der Waals surface area contributed by atoms with Crippen molar-refractivity contribution in [3.05, 3.63) is 119 Å². The number of hydrogen-bond acceptors (Lipinski definition) is 7. The molecule has 1 unspecified atom stereocenters. The van der Waals surface area contributed by atoms with Crippen LogP contribution in [-0.2, 0) is 23.2 Å². The molecule has 2 fully saturated rings. The van der Waals surface area contributed by atoms with Gasteiger partial charge in [-0.2, -0.15) is 0 Å². The molecular weight excluding hydrogens is 696 g/mol. The number of methoxy groups -OCH3 is 2. The Bertz CT molecular complexity index is 2120. The second-order valence-electron chi connectivity index (χ2n) is 15.3. The molecule has 0 radical (unpaired) electrons. The number of carbonyl (C=O) groups is 2. The lowest BCUT2D eigenvalue weighted by atomic mass is 9.76. The van der Waals surface area contributed by atoms with Gasteiger partial charge in [-0.3, -0.25) is 9.59 Å². The van der Waals surface area contributed by atoms with E-state index >= 15 is 0 Å². The smallest absolute Gasteiger partial charge is 0.227 e. The Labute approximate surface area is 323 Å². The summed E-state index contributed by atoms with van der Waals surface area (Å²) in [5.41, 5.74) is 4.40. The van der Waals surface area contributed by atoms with Gasteiger partial charge < -0.3 is 28.6 Å². The third kappa shape index (κ3) is 8.54. The number of Topliss-reactive ketones (excluding diaryl/α,β-unsaturated/α-hetero) is 1. The lowest BCUT2D eigenvalue weighted by Crippen LogP contribution is -2.41. The molecule has 0 saturated carbocycles. The van der Waals surface area contributed by atoms with Gasteiger partial charge in [-0.05, 0) is 124 Å². The third-order valence-electron chi connectivity index (χ3n) is 11.3. The number of benzene rings is 4. The molecule has 1 amide bonds. The Balaban J connectivity index is 1.04. The standard InChI is InChI=1S/C45H51FN4O5/c1-31(2)55-37-9-7-8-33(26-37)27-42(51)49-25-21-45(30-49,35-14-17-40(53-3)41(28-35)54-4)20-24-48-22-18-34(19-23-48)43(52)44-47-38-10-5-6-11-39(38)50(44)29-32-12-15-36(46)16-13-32/h5-17,26,28,31,34H,18-25,27,29-30H2,1-4H3. The van der Waals surface area contributed by atoms with E-state index in [1.165, 1.54) is 12.1 Å². The minimum absolute atomic E-state index is 0.0573. The monoisotopic (exact) mass is 746 g/mol. The first-order valence-electron chi connectivity index (χ1n) is 19.4. The van der Waals surface area contributed by atoms with Crippen molar-refractivity contribution in [3.63, 3.8) is 0 Å². The van der Waals surface area contributed by atoms with E-state index in [0.29, 0.717) is 43.4 Å². The zero-order valence-corrected chi connectivity index (χ0v) is 32.3. The number of rotatable bonds is 14. The fraction of sp³-hybridized carbons (Fsp3) is 0.400. The van der Waals surface area contributed by atoms with Crippen LogP contribution in [0.15, 0.2) is 91.0 Å². The summed E-state index contributed by atoms with van der Waals surface area (Å²) in [4.78, 5) is 37.2. The van der Waals surface area contributed by atoms with Gasteiger partial charge >= 0.3 is 0 Å². The number of piperidine rings is 1. The molecule has 10 heteroatoms. The maximum Gasteiger partial charge on any atom is 0.227 e. The number of likely N-dealkylation sites (tertiary alicyclic amines) is 2. The van der Waals surface area contributed by atoms with Crippen LogP contribution in [-0.4, -0.2) is 84.1 Å². The van der Waals surface area contributed by atoms with Crippen molar-refractivity contribution in [2.24, 2.45) is 5.92 Å². The average Bonchev–Trinajstić information content (AvgIpc) is 3.80. The highest BCUT2D eigenvalue weighted by Gasteiger charge is 2.42. The molecule has 7 rings (SSSR count). The highest BCUT2D eigenvalue weighted by Crippen LogP contribution is 2.42. The van der Waals surface area contributed by atoms with Crippen LogP contribution < -0.4 is 14.2 Å². The highest BCUT2D eigenvalue weighted by atomic mass is 19.1. The molecule has 0 spiro atoms. The Morgan fingerprint density at radius 2 is 1.64 bits per heavy atom. The molecule has 4 aromatic carbocycles. The molecule has 2 saturated heterocycles. The highest BCUT2D eigenvalue weighted by molar-refractivity contribution is 5.98. The van der Waals surface area contributed by atoms with E-state index in [2.05, 4.69) is 17.0 Å². The van der Waals surface area contributed by atoms with Gasteiger partial charge in [-0.25, -0.2) is 9.37 Å². The van der Waals surface area contributed by atoms with Gasteiger partial charge in [0, 0.05) is 31.0 Å². The molecule has 1 atom stereocenters. The van der Waals surface area contributed by atoms with Gasteiger partial charge in [0.2, 0.25) is 11.7 Å². The van der Waals surface area contributed by atoms with Gasteiger partial charge in [0.1, 0.15) is 11.6 Å². The molecule has 55 heavy (non-hydrogen) atoms. The number of halogens is 1. The minimum atomic E-state index is -0.287. The number of ketones is 1. The zero-order chi connectivity index (χ0) is 38.5. The first kappa shape index (κ1) is 38.1. The van der Waals surface area contributed by atoms with Gasteiger partial charge in [-0.1, -0.05) is 42.5 Å². The van der Waals surface area contributed by atoms with Crippen LogP contribution in [0.25, 0.3) is 11.0 Å². The second-order valence-corrected chi connectivity index (χ2v) is 15.3. The summed E-state index contributed by atoms with van der Waals surface area (Å²) >= 11 is 0. The molecule has 288 valence electrons. The van der Waals surface area contributed by atoms with E-state index in [-0.39, 0.29) is 34.9 Å². The van der Waals surface area contributed by atoms with E-state index in [1.54, 1.807) is 26.4 Å². The summed E-state index contributed by atoms with van der Waals surface area (Å²) < 4.78 is 32.8. The van der Waals surface area contributed by atoms with E-state index in [0.717, 1.165) is 78.8 Å². The van der Waals surface area contributed by atoms with Crippen molar-refractivity contribution in [3.8, 4) is 17.2 Å². The number of carbonyl (C=O) groups excluding carboxylic acids is 2. The Morgan fingerprint density at radius 1 is 0.873 bits per heavy atom. The number of aromatic nitrogens is 2. The lowest BCUT2D eigenvalue weighted by molar-refractivity contribution is -0.129. The second kappa shape index (κ2) is 16.7. The number of ether oxygens (including phenoxy) is 3. The molecule has 0 aliphatic carbocycles. The van der Waals surface area contributed by atoms with Gasteiger partial charge in [-0.15, -0.1) is 0 Å². The van der Waals surface area contributed by atoms with Crippen LogP contribution >= 0.6 is 0 Å². The van der Waals surface area contributed by atoms with Gasteiger partial charge in [0.05, 0.1) is 37.8 Å². The molecule has 9 nitrogen and oxygen atoms in total. The predicted molar refractivity (Wildman–Crippen MR) is 212 cm³/mol. The largest absolute Gasteiger partial charge is 0.493 e. The molecular formula is C45H51FN4O5. The fourth-order valence-corrected chi connectivity index (χ4v) is 8.29. The van der Waals surface area contributed by atoms with Crippen molar-refractivity contribution in [2.45, 2.75) is 64.0 Å². The van der Waals surface area contributed by atoms with Crippen molar-refractivity contribution >= 4 is 22.7 Å². The first-order chi connectivity index (χ1) is 26.6. The molecule has 2 aliphatic heterocycles. The van der Waals surface area contributed by atoms with E-state index in [9.17, 15) is 14.0 Å². The summed E-state index contributed by atoms with van der Waals surface area (Å²) in [6.07, 6.45) is 3.55. The normalized spacial score (nSPS) is 17.9. The summed E-state index contributed by atoms with van der Waals surface area (Å²) in [7, 11) is 3.29. The summed E-state index contributed by atoms with van der Waals surface area (Å²) in [5.74, 6) is 2.33. The quantitative estimate of drug-likeness (QED) is 0.108. The topological polar surface area (TPSA) is 86.1 Å². The van der Waals surface area contributed by atoms with Crippen molar-refractivity contribution < 1.29 is 28.2 Å².